The van der Waals surface area contributed by atoms with Crippen molar-refractivity contribution in [3.63, 3.8) is 0 Å². The highest BCUT2D eigenvalue weighted by atomic mass is 16.3. The van der Waals surface area contributed by atoms with Gasteiger partial charge in [0.05, 0.1) is 6.61 Å². The van der Waals surface area contributed by atoms with Crippen molar-refractivity contribution < 1.29 is 5.11 Å². The fourth-order valence-corrected chi connectivity index (χ4v) is 4.48. The van der Waals surface area contributed by atoms with Crippen molar-refractivity contribution in [3.8, 4) is 0 Å². The van der Waals surface area contributed by atoms with E-state index in [2.05, 4.69) is 0 Å². The van der Waals surface area contributed by atoms with Gasteiger partial charge in [-0.2, -0.15) is 0 Å². The molecule has 2 heteroatoms. The largest absolute Gasteiger partial charge is 0.396 e. The number of hydrogen-bond acceptors (Lipinski definition) is 2. The van der Waals surface area contributed by atoms with Crippen LogP contribution in [0.5, 0.6) is 0 Å². The van der Waals surface area contributed by atoms with E-state index >= 15 is 0 Å². The van der Waals surface area contributed by atoms with Crippen LogP contribution in [-0.4, -0.2) is 17.8 Å². The molecule has 0 aromatic heterocycles. The van der Waals surface area contributed by atoms with Crippen LogP contribution in [0, 0.1) is 23.2 Å². The van der Waals surface area contributed by atoms with Gasteiger partial charge in [0.1, 0.15) is 0 Å². The summed E-state index contributed by atoms with van der Waals surface area (Å²) in [6, 6.07) is 0.297. The van der Waals surface area contributed by atoms with Gasteiger partial charge in [-0.15, -0.1) is 0 Å². The molecular weight excluding hydrogens is 162 g/mol. The number of aliphatic hydroxyl groups is 1. The van der Waals surface area contributed by atoms with E-state index in [4.69, 9.17) is 5.73 Å². The van der Waals surface area contributed by atoms with Crippen LogP contribution in [0.4, 0.5) is 0 Å². The summed E-state index contributed by atoms with van der Waals surface area (Å²) < 4.78 is 0. The maximum atomic E-state index is 9.52. The van der Waals surface area contributed by atoms with Crippen LogP contribution in [0.3, 0.4) is 0 Å². The average Bonchev–Trinajstić information content (AvgIpc) is 2.12. The lowest BCUT2D eigenvalue weighted by atomic mass is 9.48. The van der Waals surface area contributed by atoms with Crippen molar-refractivity contribution in [1.82, 2.24) is 0 Å². The molecule has 0 saturated heterocycles. The zero-order valence-corrected chi connectivity index (χ0v) is 8.08. The Hall–Kier alpha value is -0.0800. The average molecular weight is 181 g/mol. The topological polar surface area (TPSA) is 46.2 Å². The molecule has 0 aromatic rings. The predicted molar refractivity (Wildman–Crippen MR) is 51.0 cm³/mol. The van der Waals surface area contributed by atoms with Gasteiger partial charge in [-0.25, -0.2) is 0 Å². The van der Waals surface area contributed by atoms with Crippen molar-refractivity contribution in [2.45, 2.75) is 38.1 Å². The highest BCUT2D eigenvalue weighted by Gasteiger charge is 2.55. The van der Waals surface area contributed by atoms with E-state index in [0.717, 1.165) is 17.8 Å². The fourth-order valence-electron chi connectivity index (χ4n) is 4.48. The lowest BCUT2D eigenvalue weighted by molar-refractivity contribution is -0.0971. The number of nitrogens with two attached hydrogens (primary N) is 1. The van der Waals surface area contributed by atoms with Crippen LogP contribution >= 0.6 is 0 Å². The van der Waals surface area contributed by atoms with Gasteiger partial charge in [0.2, 0.25) is 0 Å². The first kappa shape index (κ1) is 8.25. The number of rotatable bonds is 1. The van der Waals surface area contributed by atoms with Gasteiger partial charge in [0.25, 0.3) is 0 Å². The summed E-state index contributed by atoms with van der Waals surface area (Å²) in [4.78, 5) is 0. The minimum Gasteiger partial charge on any atom is -0.396 e. The van der Waals surface area contributed by atoms with Crippen molar-refractivity contribution in [2.75, 3.05) is 6.61 Å². The molecule has 4 aliphatic carbocycles. The van der Waals surface area contributed by atoms with Crippen molar-refractivity contribution in [2.24, 2.45) is 28.9 Å². The second-order valence-corrected chi connectivity index (χ2v) is 5.65. The van der Waals surface area contributed by atoms with Crippen LogP contribution in [0.1, 0.15) is 32.1 Å². The van der Waals surface area contributed by atoms with E-state index in [1.165, 1.54) is 32.1 Å². The summed E-state index contributed by atoms with van der Waals surface area (Å²) in [5.41, 5.74) is 6.39. The van der Waals surface area contributed by atoms with Crippen LogP contribution in [0.2, 0.25) is 0 Å². The normalized spacial score (nSPS) is 58.6. The Labute approximate surface area is 79.5 Å². The van der Waals surface area contributed by atoms with Crippen LogP contribution in [0.15, 0.2) is 0 Å². The van der Waals surface area contributed by atoms with E-state index in [9.17, 15) is 5.11 Å². The molecule has 0 spiro atoms. The first-order valence-corrected chi connectivity index (χ1v) is 5.60. The molecule has 13 heavy (non-hydrogen) atoms. The highest BCUT2D eigenvalue weighted by Crippen LogP contribution is 2.59. The maximum Gasteiger partial charge on any atom is 0.0502 e. The van der Waals surface area contributed by atoms with Crippen LogP contribution in [0.25, 0.3) is 0 Å². The Kier molecular flexibility index (Phi) is 1.58. The molecule has 4 rings (SSSR count). The third-order valence-electron chi connectivity index (χ3n) is 4.86. The van der Waals surface area contributed by atoms with Gasteiger partial charge in [-0.1, -0.05) is 0 Å². The molecule has 0 radical (unpaired) electrons. The molecule has 4 bridgehead atoms. The smallest absolute Gasteiger partial charge is 0.0502 e. The first-order valence-electron chi connectivity index (χ1n) is 5.60. The lowest BCUT2D eigenvalue weighted by Crippen LogP contribution is -2.61. The Morgan fingerprint density at radius 1 is 1.15 bits per heavy atom. The fraction of sp³-hybridized carbons (Fsp3) is 1.00. The van der Waals surface area contributed by atoms with Gasteiger partial charge in [0, 0.05) is 11.5 Å². The minimum absolute atomic E-state index is 0.134. The van der Waals surface area contributed by atoms with Crippen molar-refractivity contribution in [3.05, 3.63) is 0 Å². The third kappa shape index (κ3) is 0.962. The molecule has 4 saturated carbocycles. The summed E-state index contributed by atoms with van der Waals surface area (Å²) in [5.74, 6) is 2.52. The Bertz CT molecular complexity index is 214. The summed E-state index contributed by atoms with van der Waals surface area (Å²) >= 11 is 0. The van der Waals surface area contributed by atoms with Crippen LogP contribution in [-0.2, 0) is 0 Å². The zero-order chi connectivity index (χ0) is 9.05. The molecule has 74 valence electrons. The van der Waals surface area contributed by atoms with Crippen molar-refractivity contribution in [1.29, 1.82) is 0 Å². The Balaban J connectivity index is 1.95. The molecule has 0 amide bonds. The molecule has 4 fully saturated rings. The zero-order valence-electron chi connectivity index (χ0n) is 8.08. The van der Waals surface area contributed by atoms with E-state index < -0.39 is 0 Å². The van der Waals surface area contributed by atoms with E-state index in [-0.39, 0.29) is 5.41 Å². The van der Waals surface area contributed by atoms with Crippen molar-refractivity contribution >= 4 is 0 Å². The van der Waals surface area contributed by atoms with E-state index in [0.29, 0.717) is 12.6 Å². The summed E-state index contributed by atoms with van der Waals surface area (Å²) in [5, 5.41) is 9.52. The van der Waals surface area contributed by atoms with E-state index in [1.54, 1.807) is 0 Å². The van der Waals surface area contributed by atoms with Gasteiger partial charge >= 0.3 is 0 Å². The Morgan fingerprint density at radius 2 is 1.77 bits per heavy atom. The van der Waals surface area contributed by atoms with E-state index in [1.807, 2.05) is 0 Å². The molecule has 0 aromatic carbocycles. The predicted octanol–water partition coefficient (Wildman–Crippen LogP) is 1.13. The summed E-state index contributed by atoms with van der Waals surface area (Å²) in [6.07, 6.45) is 6.53. The molecular formula is C11H19NO. The molecule has 0 aliphatic heterocycles. The monoisotopic (exact) mass is 181 g/mol. The Morgan fingerprint density at radius 3 is 2.31 bits per heavy atom. The maximum absolute atomic E-state index is 9.52. The lowest BCUT2D eigenvalue weighted by Gasteiger charge is -2.59. The molecule has 0 heterocycles. The third-order valence-corrected chi connectivity index (χ3v) is 4.86. The molecule has 5 atom stereocenters. The second-order valence-electron chi connectivity index (χ2n) is 5.65. The quantitative estimate of drug-likeness (QED) is 0.637. The molecule has 2 unspecified atom stereocenters. The standard InChI is InChI=1S/C11H19NO/c12-10-9-2-7-1-8(3-9)5-11(10,4-7)6-13/h7-10,13H,1-6,12H2/t7-,8+,9?,10-,11?/m1/s1. The summed E-state index contributed by atoms with van der Waals surface area (Å²) in [7, 11) is 0. The van der Waals surface area contributed by atoms with Gasteiger partial charge in [0.15, 0.2) is 0 Å². The second kappa shape index (κ2) is 2.48. The summed E-state index contributed by atoms with van der Waals surface area (Å²) in [6.45, 7) is 0.331. The van der Waals surface area contributed by atoms with Gasteiger partial charge in [-0.3, -0.25) is 0 Å². The minimum atomic E-state index is 0.134. The van der Waals surface area contributed by atoms with Gasteiger partial charge < -0.3 is 10.8 Å². The highest BCUT2D eigenvalue weighted by molar-refractivity contribution is 5.07. The molecule has 3 N–H and O–H groups in total. The van der Waals surface area contributed by atoms with Gasteiger partial charge in [-0.05, 0) is 49.9 Å². The van der Waals surface area contributed by atoms with Crippen LogP contribution < -0.4 is 5.73 Å². The number of aliphatic hydroxyl groups excluding tert-OH is 1. The molecule has 4 aliphatic rings. The molecule has 2 nitrogen and oxygen atoms in total. The first-order chi connectivity index (χ1) is 6.23. The number of hydrogen-bond donors (Lipinski definition) is 2. The SMILES string of the molecule is N[C@@H]1C2C[C@@H]3C[C@H](C2)CC1(CO)C3.